The van der Waals surface area contributed by atoms with E-state index in [1.165, 1.54) is 6.07 Å². The molecular weight excluding hydrogens is 224 g/mol. The molecule has 0 fully saturated rings. The molecule has 0 aliphatic carbocycles. The SMILES string of the molecule is CC(C)NCCOCCc1ccc(F)c(F)c1. The first kappa shape index (κ1) is 14.1. The number of rotatable bonds is 7. The highest BCUT2D eigenvalue weighted by Gasteiger charge is 2.02. The summed E-state index contributed by atoms with van der Waals surface area (Å²) in [6, 6.07) is 4.38. The van der Waals surface area contributed by atoms with E-state index in [1.54, 1.807) is 6.07 Å². The Morgan fingerprint density at radius 2 is 1.94 bits per heavy atom. The smallest absolute Gasteiger partial charge is 0.159 e. The van der Waals surface area contributed by atoms with Crippen molar-refractivity contribution in [2.75, 3.05) is 19.8 Å². The van der Waals surface area contributed by atoms with Crippen LogP contribution in [0.2, 0.25) is 0 Å². The van der Waals surface area contributed by atoms with Gasteiger partial charge in [0, 0.05) is 12.6 Å². The second-order valence-electron chi connectivity index (χ2n) is 4.22. The Morgan fingerprint density at radius 3 is 2.59 bits per heavy atom. The quantitative estimate of drug-likeness (QED) is 0.743. The first-order chi connectivity index (χ1) is 8.09. The van der Waals surface area contributed by atoms with E-state index in [4.69, 9.17) is 4.74 Å². The fourth-order valence-corrected chi connectivity index (χ4v) is 1.41. The van der Waals surface area contributed by atoms with Gasteiger partial charge in [-0.05, 0) is 24.1 Å². The molecule has 1 rings (SSSR count). The Morgan fingerprint density at radius 1 is 1.18 bits per heavy atom. The van der Waals surface area contributed by atoms with Crippen molar-refractivity contribution < 1.29 is 13.5 Å². The van der Waals surface area contributed by atoms with Gasteiger partial charge in [0.1, 0.15) is 0 Å². The van der Waals surface area contributed by atoms with Gasteiger partial charge in [-0.1, -0.05) is 19.9 Å². The third-order valence-electron chi connectivity index (χ3n) is 2.32. The molecule has 4 heteroatoms. The Balaban J connectivity index is 2.16. The molecule has 0 aliphatic heterocycles. The van der Waals surface area contributed by atoms with Crippen LogP contribution in [0.3, 0.4) is 0 Å². The maximum absolute atomic E-state index is 12.9. The average molecular weight is 243 g/mol. The van der Waals surface area contributed by atoms with Gasteiger partial charge in [-0.2, -0.15) is 0 Å². The van der Waals surface area contributed by atoms with E-state index in [1.807, 2.05) is 0 Å². The minimum atomic E-state index is -0.809. The number of hydrogen-bond donors (Lipinski definition) is 1. The Hall–Kier alpha value is -1.00. The number of hydrogen-bond acceptors (Lipinski definition) is 2. The normalized spacial score (nSPS) is 11.1. The lowest BCUT2D eigenvalue weighted by Crippen LogP contribution is -2.26. The standard InChI is InChI=1S/C13H19F2NO/c1-10(2)16-6-8-17-7-5-11-3-4-12(14)13(15)9-11/h3-4,9-10,16H,5-8H2,1-2H3. The lowest BCUT2D eigenvalue weighted by atomic mass is 10.1. The highest BCUT2D eigenvalue weighted by atomic mass is 19.2. The summed E-state index contributed by atoms with van der Waals surface area (Å²) >= 11 is 0. The van der Waals surface area contributed by atoms with E-state index < -0.39 is 11.6 Å². The van der Waals surface area contributed by atoms with Gasteiger partial charge in [0.05, 0.1) is 13.2 Å². The van der Waals surface area contributed by atoms with Gasteiger partial charge in [-0.25, -0.2) is 8.78 Å². The van der Waals surface area contributed by atoms with Crippen molar-refractivity contribution in [3.05, 3.63) is 35.4 Å². The van der Waals surface area contributed by atoms with Gasteiger partial charge in [0.25, 0.3) is 0 Å². The number of ether oxygens (including phenoxy) is 1. The first-order valence-corrected chi connectivity index (χ1v) is 5.84. The zero-order chi connectivity index (χ0) is 12.7. The van der Waals surface area contributed by atoms with Crippen LogP contribution in [0.25, 0.3) is 0 Å². The summed E-state index contributed by atoms with van der Waals surface area (Å²) in [6.07, 6.45) is 0.596. The maximum atomic E-state index is 12.9. The molecule has 0 atom stereocenters. The van der Waals surface area contributed by atoms with Gasteiger partial charge in [-0.3, -0.25) is 0 Å². The van der Waals surface area contributed by atoms with Crippen molar-refractivity contribution in [2.24, 2.45) is 0 Å². The van der Waals surface area contributed by atoms with Gasteiger partial charge < -0.3 is 10.1 Å². The van der Waals surface area contributed by atoms with Crippen LogP contribution in [-0.2, 0) is 11.2 Å². The minimum Gasteiger partial charge on any atom is -0.380 e. The van der Waals surface area contributed by atoms with Crippen LogP contribution in [-0.4, -0.2) is 25.8 Å². The highest BCUT2D eigenvalue weighted by molar-refractivity contribution is 5.17. The average Bonchev–Trinajstić information content (AvgIpc) is 2.27. The fraction of sp³-hybridized carbons (Fsp3) is 0.538. The lowest BCUT2D eigenvalue weighted by Gasteiger charge is -2.08. The summed E-state index contributed by atoms with van der Waals surface area (Å²) in [6.45, 7) is 6.09. The van der Waals surface area contributed by atoms with Crippen molar-refractivity contribution >= 4 is 0 Å². The van der Waals surface area contributed by atoms with Crippen molar-refractivity contribution in [3.8, 4) is 0 Å². The molecule has 0 spiro atoms. The van der Waals surface area contributed by atoms with Gasteiger partial charge >= 0.3 is 0 Å². The molecule has 96 valence electrons. The topological polar surface area (TPSA) is 21.3 Å². The Labute approximate surface area is 101 Å². The van der Waals surface area contributed by atoms with Crippen LogP contribution in [0, 0.1) is 11.6 Å². The minimum absolute atomic E-state index is 0.449. The molecule has 17 heavy (non-hydrogen) atoms. The van der Waals surface area contributed by atoms with E-state index in [0.717, 1.165) is 18.2 Å². The summed E-state index contributed by atoms with van der Waals surface area (Å²) in [4.78, 5) is 0. The van der Waals surface area contributed by atoms with E-state index in [0.29, 0.717) is 25.7 Å². The molecule has 0 saturated heterocycles. The lowest BCUT2D eigenvalue weighted by molar-refractivity contribution is 0.137. The maximum Gasteiger partial charge on any atom is 0.159 e. The molecule has 0 aliphatic rings. The second kappa shape index (κ2) is 7.35. The summed E-state index contributed by atoms with van der Waals surface area (Å²) in [5.41, 5.74) is 0.751. The van der Waals surface area contributed by atoms with Crippen LogP contribution in [0.5, 0.6) is 0 Å². The molecule has 0 saturated carbocycles. The molecular formula is C13H19F2NO. The summed E-state index contributed by atoms with van der Waals surface area (Å²) in [5, 5.41) is 3.23. The number of nitrogens with one attached hydrogen (secondary N) is 1. The number of halogens is 2. The largest absolute Gasteiger partial charge is 0.380 e. The van der Waals surface area contributed by atoms with Crippen LogP contribution in [0.15, 0.2) is 18.2 Å². The molecule has 0 amide bonds. The second-order valence-corrected chi connectivity index (χ2v) is 4.22. The van der Waals surface area contributed by atoms with E-state index in [2.05, 4.69) is 19.2 Å². The van der Waals surface area contributed by atoms with E-state index in [-0.39, 0.29) is 0 Å². The van der Waals surface area contributed by atoms with Crippen molar-refractivity contribution in [2.45, 2.75) is 26.3 Å². The van der Waals surface area contributed by atoms with Crippen LogP contribution in [0.4, 0.5) is 8.78 Å². The Bertz CT molecular complexity index is 342. The Kier molecular flexibility index (Phi) is 6.08. The zero-order valence-corrected chi connectivity index (χ0v) is 10.3. The van der Waals surface area contributed by atoms with Gasteiger partial charge in [-0.15, -0.1) is 0 Å². The molecule has 0 unspecified atom stereocenters. The molecule has 0 heterocycles. The summed E-state index contributed by atoms with van der Waals surface area (Å²) < 4.78 is 30.9. The summed E-state index contributed by atoms with van der Waals surface area (Å²) in [7, 11) is 0. The molecule has 2 nitrogen and oxygen atoms in total. The van der Waals surface area contributed by atoms with Crippen LogP contribution < -0.4 is 5.32 Å². The van der Waals surface area contributed by atoms with Gasteiger partial charge in [0.15, 0.2) is 11.6 Å². The van der Waals surface area contributed by atoms with E-state index in [9.17, 15) is 8.78 Å². The van der Waals surface area contributed by atoms with E-state index >= 15 is 0 Å². The van der Waals surface area contributed by atoms with Crippen molar-refractivity contribution in [1.82, 2.24) is 5.32 Å². The molecule has 0 bridgehead atoms. The zero-order valence-electron chi connectivity index (χ0n) is 10.3. The first-order valence-electron chi connectivity index (χ1n) is 5.84. The predicted octanol–water partition coefficient (Wildman–Crippen LogP) is 2.52. The predicted molar refractivity (Wildman–Crippen MR) is 64.0 cm³/mol. The summed E-state index contributed by atoms with van der Waals surface area (Å²) in [5.74, 6) is -1.61. The molecule has 0 aromatic heterocycles. The third kappa shape index (κ3) is 5.75. The monoisotopic (exact) mass is 243 g/mol. The highest BCUT2D eigenvalue weighted by Crippen LogP contribution is 2.09. The molecule has 1 N–H and O–H groups in total. The third-order valence-corrected chi connectivity index (χ3v) is 2.32. The molecule has 1 aromatic rings. The molecule has 0 radical (unpaired) electrons. The van der Waals surface area contributed by atoms with Crippen LogP contribution in [0.1, 0.15) is 19.4 Å². The van der Waals surface area contributed by atoms with Crippen LogP contribution >= 0.6 is 0 Å². The number of benzene rings is 1. The molecule has 1 aromatic carbocycles. The van der Waals surface area contributed by atoms with Gasteiger partial charge in [0.2, 0.25) is 0 Å². The van der Waals surface area contributed by atoms with Crippen molar-refractivity contribution in [1.29, 1.82) is 0 Å². The van der Waals surface area contributed by atoms with Crippen molar-refractivity contribution in [3.63, 3.8) is 0 Å². The fourth-order valence-electron chi connectivity index (χ4n) is 1.41.